The molecule has 1 heterocycles. The molecule has 5 heteroatoms. The summed E-state index contributed by atoms with van der Waals surface area (Å²) in [7, 11) is 0. The minimum absolute atomic E-state index is 0.00526. The van der Waals surface area contributed by atoms with Gasteiger partial charge in [-0.15, -0.1) is 0 Å². The Morgan fingerprint density at radius 2 is 2.24 bits per heavy atom. The largest absolute Gasteiger partial charge is 0.458 e. The van der Waals surface area contributed by atoms with Crippen molar-refractivity contribution in [2.75, 3.05) is 12.3 Å². The molecule has 0 aliphatic carbocycles. The molecule has 5 nitrogen and oxygen atoms in total. The third-order valence-electron chi connectivity index (χ3n) is 2.62. The van der Waals surface area contributed by atoms with E-state index in [0.29, 0.717) is 17.9 Å². The van der Waals surface area contributed by atoms with E-state index in [1.807, 2.05) is 20.8 Å². The number of nitrogens with zero attached hydrogens (tertiary/aromatic N) is 1. The monoisotopic (exact) mass is 240 g/mol. The number of aromatic nitrogens is 1. The Kier molecular flexibility index (Phi) is 4.57. The summed E-state index contributed by atoms with van der Waals surface area (Å²) in [5.41, 5.74) is 6.57. The maximum atomic E-state index is 11.8. The highest BCUT2D eigenvalue weighted by atomic mass is 16.5. The van der Waals surface area contributed by atoms with E-state index in [9.17, 15) is 9.90 Å². The Morgan fingerprint density at radius 3 is 2.76 bits per heavy atom. The summed E-state index contributed by atoms with van der Waals surface area (Å²) in [6.07, 6.45) is 1.05. The van der Waals surface area contributed by atoms with Crippen molar-refractivity contribution in [3.05, 3.63) is 18.0 Å². The number of hydrogen-bond acceptors (Lipinski definition) is 4. The van der Waals surface area contributed by atoms with Gasteiger partial charge in [-0.05, 0) is 18.9 Å². The SMILES string of the molecule is CCn1cc(N)cc1C(=O)OCC(O)C(C)C. The van der Waals surface area contributed by atoms with Gasteiger partial charge < -0.3 is 20.1 Å². The Morgan fingerprint density at radius 1 is 1.59 bits per heavy atom. The van der Waals surface area contributed by atoms with Crippen LogP contribution in [0.4, 0.5) is 5.69 Å². The fourth-order valence-corrected chi connectivity index (χ4v) is 1.39. The predicted octanol–water partition coefficient (Wildman–Crippen LogP) is 1.26. The number of esters is 1. The van der Waals surface area contributed by atoms with Crippen LogP contribution >= 0.6 is 0 Å². The van der Waals surface area contributed by atoms with Crippen molar-refractivity contribution < 1.29 is 14.6 Å². The summed E-state index contributed by atoms with van der Waals surface area (Å²) in [5, 5.41) is 9.55. The first-order chi connectivity index (χ1) is 7.95. The lowest BCUT2D eigenvalue weighted by atomic mass is 10.1. The Labute approximate surface area is 101 Å². The summed E-state index contributed by atoms with van der Waals surface area (Å²) in [5.74, 6) is -0.394. The molecule has 0 saturated heterocycles. The second kappa shape index (κ2) is 5.72. The lowest BCUT2D eigenvalue weighted by Gasteiger charge is -2.14. The van der Waals surface area contributed by atoms with Gasteiger partial charge in [-0.3, -0.25) is 0 Å². The third kappa shape index (κ3) is 3.49. The highest BCUT2D eigenvalue weighted by Gasteiger charge is 2.16. The van der Waals surface area contributed by atoms with E-state index < -0.39 is 12.1 Å². The van der Waals surface area contributed by atoms with E-state index in [1.165, 1.54) is 0 Å². The zero-order valence-electron chi connectivity index (χ0n) is 10.5. The highest BCUT2D eigenvalue weighted by molar-refractivity contribution is 5.89. The first-order valence-corrected chi connectivity index (χ1v) is 5.76. The molecule has 0 fully saturated rings. The topological polar surface area (TPSA) is 77.5 Å². The van der Waals surface area contributed by atoms with Gasteiger partial charge in [-0.25, -0.2) is 4.79 Å². The van der Waals surface area contributed by atoms with Crippen LogP contribution in [0, 0.1) is 5.92 Å². The van der Waals surface area contributed by atoms with Gasteiger partial charge in [0.25, 0.3) is 0 Å². The molecule has 1 aromatic heterocycles. The smallest absolute Gasteiger partial charge is 0.355 e. The van der Waals surface area contributed by atoms with Crippen molar-refractivity contribution >= 4 is 11.7 Å². The molecule has 0 aromatic carbocycles. The molecule has 0 spiro atoms. The molecule has 0 aliphatic rings. The van der Waals surface area contributed by atoms with Crippen LogP contribution in [-0.2, 0) is 11.3 Å². The number of carbonyl (C=O) groups excluding carboxylic acids is 1. The van der Waals surface area contributed by atoms with E-state index in [0.717, 1.165) is 0 Å². The number of anilines is 1. The molecule has 1 unspecified atom stereocenters. The molecule has 1 aromatic rings. The van der Waals surface area contributed by atoms with Crippen molar-refractivity contribution in [1.29, 1.82) is 0 Å². The lowest BCUT2D eigenvalue weighted by molar-refractivity contribution is 0.0128. The number of ether oxygens (including phenoxy) is 1. The fourth-order valence-electron chi connectivity index (χ4n) is 1.39. The van der Waals surface area contributed by atoms with Gasteiger partial charge in [-0.1, -0.05) is 13.8 Å². The number of hydrogen-bond donors (Lipinski definition) is 2. The van der Waals surface area contributed by atoms with Crippen LogP contribution < -0.4 is 5.73 Å². The molecule has 17 heavy (non-hydrogen) atoms. The van der Waals surface area contributed by atoms with E-state index >= 15 is 0 Å². The minimum atomic E-state index is -0.638. The van der Waals surface area contributed by atoms with Gasteiger partial charge in [0.2, 0.25) is 0 Å². The summed E-state index contributed by atoms with van der Waals surface area (Å²) >= 11 is 0. The number of aliphatic hydroxyl groups excluding tert-OH is 1. The van der Waals surface area contributed by atoms with Crippen LogP contribution in [0.25, 0.3) is 0 Å². The standard InChI is InChI=1S/C12H20N2O3/c1-4-14-6-9(13)5-10(14)12(16)17-7-11(15)8(2)3/h5-6,8,11,15H,4,7,13H2,1-3H3. The predicted molar refractivity (Wildman–Crippen MR) is 65.6 cm³/mol. The first kappa shape index (κ1) is 13.6. The minimum Gasteiger partial charge on any atom is -0.458 e. The molecular formula is C12H20N2O3. The number of aliphatic hydroxyl groups is 1. The molecule has 96 valence electrons. The zero-order chi connectivity index (χ0) is 13.0. The highest BCUT2D eigenvalue weighted by Crippen LogP contribution is 2.12. The van der Waals surface area contributed by atoms with Gasteiger partial charge in [-0.2, -0.15) is 0 Å². The summed E-state index contributed by atoms with van der Waals surface area (Å²) in [4.78, 5) is 11.8. The van der Waals surface area contributed by atoms with Crippen LogP contribution in [0.5, 0.6) is 0 Å². The van der Waals surface area contributed by atoms with E-state index in [4.69, 9.17) is 10.5 Å². The van der Waals surface area contributed by atoms with E-state index in [2.05, 4.69) is 0 Å². The molecule has 0 radical (unpaired) electrons. The average Bonchev–Trinajstić information content (AvgIpc) is 2.66. The van der Waals surface area contributed by atoms with Gasteiger partial charge >= 0.3 is 5.97 Å². The molecule has 0 aliphatic heterocycles. The van der Waals surface area contributed by atoms with Gasteiger partial charge in [0.1, 0.15) is 12.3 Å². The summed E-state index contributed by atoms with van der Waals surface area (Å²) < 4.78 is 6.76. The molecule has 1 atom stereocenters. The van der Waals surface area contributed by atoms with E-state index in [-0.39, 0.29) is 12.5 Å². The van der Waals surface area contributed by atoms with Crippen molar-refractivity contribution in [3.63, 3.8) is 0 Å². The van der Waals surface area contributed by atoms with Gasteiger partial charge in [0.15, 0.2) is 0 Å². The molecule has 3 N–H and O–H groups in total. The van der Waals surface area contributed by atoms with E-state index in [1.54, 1.807) is 16.8 Å². The molecule has 1 rings (SSSR count). The molecular weight excluding hydrogens is 220 g/mol. The fraction of sp³-hybridized carbons (Fsp3) is 0.583. The van der Waals surface area contributed by atoms with Crippen LogP contribution in [0.1, 0.15) is 31.3 Å². The molecule has 0 amide bonds. The first-order valence-electron chi connectivity index (χ1n) is 5.76. The number of aryl methyl sites for hydroxylation is 1. The summed E-state index contributed by atoms with van der Waals surface area (Å²) in [6, 6.07) is 1.58. The maximum absolute atomic E-state index is 11.8. The van der Waals surface area contributed by atoms with Crippen molar-refractivity contribution in [3.8, 4) is 0 Å². The second-order valence-electron chi connectivity index (χ2n) is 4.35. The number of nitrogen functional groups attached to an aromatic ring is 1. The quantitative estimate of drug-likeness (QED) is 0.760. The van der Waals surface area contributed by atoms with Crippen molar-refractivity contribution in [1.82, 2.24) is 4.57 Å². The Balaban J connectivity index is 2.63. The van der Waals surface area contributed by atoms with Gasteiger partial charge in [0.05, 0.1) is 11.8 Å². The van der Waals surface area contributed by atoms with Crippen molar-refractivity contribution in [2.24, 2.45) is 5.92 Å². The van der Waals surface area contributed by atoms with Crippen LogP contribution in [-0.4, -0.2) is 28.4 Å². The third-order valence-corrected chi connectivity index (χ3v) is 2.62. The zero-order valence-corrected chi connectivity index (χ0v) is 10.5. The Hall–Kier alpha value is -1.49. The normalized spacial score (nSPS) is 12.8. The maximum Gasteiger partial charge on any atom is 0.355 e. The molecule has 0 bridgehead atoms. The number of carbonyl (C=O) groups is 1. The number of rotatable bonds is 5. The average molecular weight is 240 g/mol. The number of nitrogens with two attached hydrogens (primary N) is 1. The van der Waals surface area contributed by atoms with Gasteiger partial charge in [0, 0.05) is 12.7 Å². The van der Waals surface area contributed by atoms with Crippen molar-refractivity contribution in [2.45, 2.75) is 33.4 Å². The lowest BCUT2D eigenvalue weighted by Crippen LogP contribution is -2.24. The van der Waals surface area contributed by atoms with Crippen LogP contribution in [0.15, 0.2) is 12.3 Å². The second-order valence-corrected chi connectivity index (χ2v) is 4.35. The van der Waals surface area contributed by atoms with Crippen LogP contribution in [0.3, 0.4) is 0 Å². The summed E-state index contributed by atoms with van der Waals surface area (Å²) in [6.45, 7) is 6.30. The molecule has 0 saturated carbocycles. The Bertz CT molecular complexity index is 385. The van der Waals surface area contributed by atoms with Crippen LogP contribution in [0.2, 0.25) is 0 Å².